The lowest BCUT2D eigenvalue weighted by molar-refractivity contribution is 0.0915. The monoisotopic (exact) mass is 388 g/mol. The van der Waals surface area contributed by atoms with Gasteiger partial charge in [0.2, 0.25) is 0 Å². The van der Waals surface area contributed by atoms with Gasteiger partial charge in [0.05, 0.1) is 5.02 Å². The molecular formula is C11H15Cl2IN2O. The van der Waals surface area contributed by atoms with E-state index in [0.717, 1.165) is 3.57 Å². The third kappa shape index (κ3) is 4.99. The molecule has 0 aliphatic rings. The summed E-state index contributed by atoms with van der Waals surface area (Å²) < 4.78 is 0.925. The summed E-state index contributed by atoms with van der Waals surface area (Å²) in [7, 11) is 0. The minimum absolute atomic E-state index is 0. The van der Waals surface area contributed by atoms with E-state index in [1.807, 2.05) is 19.9 Å². The second-order valence-corrected chi connectivity index (χ2v) is 5.74. The first-order chi connectivity index (χ1) is 7.35. The molecule has 0 unspecified atom stereocenters. The molecule has 0 bridgehead atoms. The van der Waals surface area contributed by atoms with Crippen molar-refractivity contribution in [1.29, 1.82) is 0 Å². The maximum Gasteiger partial charge on any atom is 0.251 e. The molecule has 96 valence electrons. The van der Waals surface area contributed by atoms with Crippen molar-refractivity contribution in [3.05, 3.63) is 32.4 Å². The van der Waals surface area contributed by atoms with E-state index in [0.29, 0.717) is 17.1 Å². The van der Waals surface area contributed by atoms with Crippen LogP contribution in [0.25, 0.3) is 0 Å². The van der Waals surface area contributed by atoms with Gasteiger partial charge in [-0.3, -0.25) is 4.79 Å². The van der Waals surface area contributed by atoms with Crippen molar-refractivity contribution >= 4 is 52.5 Å². The molecule has 1 aromatic carbocycles. The van der Waals surface area contributed by atoms with Gasteiger partial charge in [-0.25, -0.2) is 0 Å². The van der Waals surface area contributed by atoms with Gasteiger partial charge in [0.25, 0.3) is 5.91 Å². The SMILES string of the molecule is CC(C)(CN)NC(=O)c1ccc(I)c(Cl)c1.Cl. The minimum atomic E-state index is -0.410. The van der Waals surface area contributed by atoms with Crippen molar-refractivity contribution in [2.75, 3.05) is 6.54 Å². The molecule has 0 fully saturated rings. The molecular weight excluding hydrogens is 374 g/mol. The molecule has 0 atom stereocenters. The Hall–Kier alpha value is -0.0400. The maximum absolute atomic E-state index is 11.9. The van der Waals surface area contributed by atoms with Crippen LogP contribution in [-0.4, -0.2) is 18.0 Å². The Morgan fingerprint density at radius 2 is 2.12 bits per heavy atom. The summed E-state index contributed by atoms with van der Waals surface area (Å²) in [6.07, 6.45) is 0. The standard InChI is InChI=1S/C11H14ClIN2O.ClH/c1-11(2,6-14)15-10(16)7-3-4-9(13)8(12)5-7;/h3-5H,6,14H2,1-2H3,(H,15,16);1H. The molecule has 1 amide bonds. The van der Waals surface area contributed by atoms with Crippen LogP contribution < -0.4 is 11.1 Å². The van der Waals surface area contributed by atoms with Crippen LogP contribution in [0.4, 0.5) is 0 Å². The third-order valence-corrected chi connectivity index (χ3v) is 3.72. The van der Waals surface area contributed by atoms with E-state index in [9.17, 15) is 4.79 Å². The van der Waals surface area contributed by atoms with Crippen LogP contribution in [0.1, 0.15) is 24.2 Å². The van der Waals surface area contributed by atoms with E-state index in [2.05, 4.69) is 27.9 Å². The van der Waals surface area contributed by atoms with Crippen LogP contribution in [0.3, 0.4) is 0 Å². The number of nitrogens with one attached hydrogen (secondary N) is 1. The predicted octanol–water partition coefficient (Wildman–Crippen LogP) is 2.83. The average molecular weight is 389 g/mol. The largest absolute Gasteiger partial charge is 0.346 e. The molecule has 0 saturated carbocycles. The van der Waals surface area contributed by atoms with E-state index in [4.69, 9.17) is 17.3 Å². The highest BCUT2D eigenvalue weighted by molar-refractivity contribution is 14.1. The molecule has 6 heteroatoms. The zero-order chi connectivity index (χ0) is 12.3. The van der Waals surface area contributed by atoms with Crippen LogP contribution in [0, 0.1) is 3.57 Å². The lowest BCUT2D eigenvalue weighted by Crippen LogP contribution is -2.48. The molecule has 0 spiro atoms. The molecule has 1 rings (SSSR count). The number of rotatable bonds is 3. The van der Waals surface area contributed by atoms with Crippen molar-refractivity contribution in [2.45, 2.75) is 19.4 Å². The Kier molecular flexibility index (Phi) is 6.76. The van der Waals surface area contributed by atoms with Crippen LogP contribution >= 0.6 is 46.6 Å². The summed E-state index contributed by atoms with van der Waals surface area (Å²) in [5.41, 5.74) is 5.68. The van der Waals surface area contributed by atoms with Crippen molar-refractivity contribution in [3.63, 3.8) is 0 Å². The fraction of sp³-hybridized carbons (Fsp3) is 0.364. The number of hydrogen-bond donors (Lipinski definition) is 2. The highest BCUT2D eigenvalue weighted by Crippen LogP contribution is 2.19. The predicted molar refractivity (Wildman–Crippen MR) is 82.0 cm³/mol. The summed E-state index contributed by atoms with van der Waals surface area (Å²) in [5, 5.41) is 3.43. The second kappa shape index (κ2) is 6.78. The first kappa shape index (κ1) is 17.0. The number of amides is 1. The molecule has 0 aliphatic carbocycles. The highest BCUT2D eigenvalue weighted by atomic mass is 127. The van der Waals surface area contributed by atoms with Gasteiger partial charge in [-0.2, -0.15) is 0 Å². The van der Waals surface area contributed by atoms with Crippen LogP contribution in [0.5, 0.6) is 0 Å². The topological polar surface area (TPSA) is 55.1 Å². The lowest BCUT2D eigenvalue weighted by Gasteiger charge is -2.24. The molecule has 3 nitrogen and oxygen atoms in total. The summed E-state index contributed by atoms with van der Waals surface area (Å²) in [6.45, 7) is 4.13. The number of carbonyl (C=O) groups excluding carboxylic acids is 1. The van der Waals surface area contributed by atoms with Crippen LogP contribution in [0.2, 0.25) is 5.02 Å². The van der Waals surface area contributed by atoms with E-state index < -0.39 is 5.54 Å². The van der Waals surface area contributed by atoms with Gasteiger partial charge in [0.15, 0.2) is 0 Å². The second-order valence-electron chi connectivity index (χ2n) is 4.17. The molecule has 0 saturated heterocycles. The van der Waals surface area contributed by atoms with Gasteiger partial charge in [0.1, 0.15) is 0 Å². The maximum atomic E-state index is 11.9. The van der Waals surface area contributed by atoms with Crippen molar-refractivity contribution in [1.82, 2.24) is 5.32 Å². The Labute approximate surface area is 126 Å². The Morgan fingerprint density at radius 1 is 1.53 bits per heavy atom. The Morgan fingerprint density at radius 3 is 2.59 bits per heavy atom. The van der Waals surface area contributed by atoms with Crippen molar-refractivity contribution in [3.8, 4) is 0 Å². The quantitative estimate of drug-likeness (QED) is 0.782. The number of carbonyl (C=O) groups is 1. The van der Waals surface area contributed by atoms with Gasteiger partial charge < -0.3 is 11.1 Å². The molecule has 1 aromatic rings. The third-order valence-electron chi connectivity index (χ3n) is 2.14. The number of benzene rings is 1. The summed E-state index contributed by atoms with van der Waals surface area (Å²) in [4.78, 5) is 11.9. The molecule has 3 N–H and O–H groups in total. The van der Waals surface area contributed by atoms with E-state index in [1.165, 1.54) is 0 Å². The van der Waals surface area contributed by atoms with Gasteiger partial charge in [-0.05, 0) is 54.6 Å². The minimum Gasteiger partial charge on any atom is -0.346 e. The molecule has 17 heavy (non-hydrogen) atoms. The first-order valence-corrected chi connectivity index (χ1v) is 6.29. The number of halogens is 3. The van der Waals surface area contributed by atoms with Crippen molar-refractivity contribution < 1.29 is 4.79 Å². The van der Waals surface area contributed by atoms with Gasteiger partial charge in [-0.15, -0.1) is 12.4 Å². The van der Waals surface area contributed by atoms with E-state index >= 15 is 0 Å². The fourth-order valence-corrected chi connectivity index (χ4v) is 1.58. The van der Waals surface area contributed by atoms with Gasteiger partial charge in [0, 0.05) is 21.2 Å². The van der Waals surface area contributed by atoms with Crippen molar-refractivity contribution in [2.24, 2.45) is 5.73 Å². The summed E-state index contributed by atoms with van der Waals surface area (Å²) in [5.74, 6) is -0.159. The van der Waals surface area contributed by atoms with Crippen LogP contribution in [-0.2, 0) is 0 Å². The summed E-state index contributed by atoms with van der Waals surface area (Å²) in [6, 6.07) is 5.22. The van der Waals surface area contributed by atoms with E-state index in [-0.39, 0.29) is 18.3 Å². The van der Waals surface area contributed by atoms with Crippen LogP contribution in [0.15, 0.2) is 18.2 Å². The Balaban J connectivity index is 0.00000256. The normalized spacial score (nSPS) is 10.6. The number of hydrogen-bond acceptors (Lipinski definition) is 2. The molecule has 0 heterocycles. The molecule has 0 aliphatic heterocycles. The molecule has 0 aromatic heterocycles. The van der Waals surface area contributed by atoms with Gasteiger partial charge >= 0.3 is 0 Å². The molecule has 0 radical (unpaired) electrons. The zero-order valence-electron chi connectivity index (χ0n) is 9.59. The fourth-order valence-electron chi connectivity index (χ4n) is 1.07. The van der Waals surface area contributed by atoms with E-state index in [1.54, 1.807) is 12.1 Å². The first-order valence-electron chi connectivity index (χ1n) is 4.83. The smallest absolute Gasteiger partial charge is 0.251 e. The van der Waals surface area contributed by atoms with Gasteiger partial charge in [-0.1, -0.05) is 11.6 Å². The lowest BCUT2D eigenvalue weighted by atomic mass is 10.1. The Bertz CT molecular complexity index is 410. The summed E-state index contributed by atoms with van der Waals surface area (Å²) >= 11 is 8.07. The highest BCUT2D eigenvalue weighted by Gasteiger charge is 2.19. The number of nitrogens with two attached hydrogens (primary N) is 1. The zero-order valence-corrected chi connectivity index (χ0v) is 13.3. The average Bonchev–Trinajstić information content (AvgIpc) is 2.21.